The van der Waals surface area contributed by atoms with Crippen molar-refractivity contribution >= 4 is 11.6 Å². The molecule has 1 aliphatic heterocycles. The van der Waals surface area contributed by atoms with Gasteiger partial charge in [0.2, 0.25) is 0 Å². The maximum absolute atomic E-state index is 13.5. The van der Waals surface area contributed by atoms with Gasteiger partial charge in [-0.25, -0.2) is 4.39 Å². The highest BCUT2D eigenvalue weighted by Crippen LogP contribution is 2.23. The van der Waals surface area contributed by atoms with Crippen molar-refractivity contribution in [2.24, 2.45) is 0 Å². The van der Waals surface area contributed by atoms with Gasteiger partial charge in [-0.2, -0.15) is 0 Å². The van der Waals surface area contributed by atoms with Crippen molar-refractivity contribution in [1.29, 1.82) is 0 Å². The van der Waals surface area contributed by atoms with E-state index < -0.39 is 11.9 Å². The van der Waals surface area contributed by atoms with Crippen LogP contribution in [0, 0.1) is 5.82 Å². The summed E-state index contributed by atoms with van der Waals surface area (Å²) >= 11 is 6.09. The Morgan fingerprint density at radius 3 is 2.29 bits per heavy atom. The fourth-order valence-electron chi connectivity index (χ4n) is 3.14. The van der Waals surface area contributed by atoms with Gasteiger partial charge in [-0.15, -0.1) is 0 Å². The fourth-order valence-corrected chi connectivity index (χ4v) is 3.33. The predicted molar refractivity (Wildman–Crippen MR) is 108 cm³/mol. The second-order valence-corrected chi connectivity index (χ2v) is 7.22. The molecule has 0 aliphatic carbocycles. The highest BCUT2D eigenvalue weighted by molar-refractivity contribution is 6.32. The Morgan fingerprint density at radius 2 is 1.57 bits per heavy atom. The lowest BCUT2D eigenvalue weighted by Crippen LogP contribution is -2.50. The Morgan fingerprint density at radius 1 is 0.929 bits per heavy atom. The van der Waals surface area contributed by atoms with E-state index in [9.17, 15) is 9.50 Å². The number of benzene rings is 2. The molecular formula is C21H26ClFN2O3. The molecule has 28 heavy (non-hydrogen) atoms. The monoisotopic (exact) mass is 408 g/mol. The van der Waals surface area contributed by atoms with E-state index in [0.717, 1.165) is 32.7 Å². The predicted octanol–water partition coefficient (Wildman–Crippen LogP) is 2.92. The van der Waals surface area contributed by atoms with Crippen molar-refractivity contribution in [2.45, 2.75) is 6.10 Å². The number of β-amino-alcohol motifs (C(OH)–C–C–N with tert-alkyl or cyclic N) is 1. The smallest absolute Gasteiger partial charge is 0.165 e. The van der Waals surface area contributed by atoms with Crippen LogP contribution in [-0.4, -0.2) is 73.5 Å². The van der Waals surface area contributed by atoms with Gasteiger partial charge in [-0.3, -0.25) is 9.80 Å². The van der Waals surface area contributed by atoms with Crippen LogP contribution in [0.1, 0.15) is 0 Å². The molecule has 1 heterocycles. The summed E-state index contributed by atoms with van der Waals surface area (Å²) in [5, 5.41) is 10.8. The van der Waals surface area contributed by atoms with Crippen LogP contribution < -0.4 is 9.47 Å². The van der Waals surface area contributed by atoms with Crippen molar-refractivity contribution in [2.75, 3.05) is 52.5 Å². The molecule has 5 nitrogen and oxygen atoms in total. The van der Waals surface area contributed by atoms with Crippen LogP contribution in [0.4, 0.5) is 4.39 Å². The van der Waals surface area contributed by atoms with Gasteiger partial charge in [-0.05, 0) is 24.3 Å². The number of nitrogens with zero attached hydrogens (tertiary/aromatic N) is 2. The van der Waals surface area contributed by atoms with Crippen molar-refractivity contribution < 1.29 is 19.0 Å². The Hall–Kier alpha value is -1.86. The molecule has 0 saturated carbocycles. The van der Waals surface area contributed by atoms with Crippen LogP contribution in [0.2, 0.25) is 5.02 Å². The molecule has 3 rings (SSSR count). The second-order valence-electron chi connectivity index (χ2n) is 6.82. The number of para-hydroxylation sites is 2. The number of halogens is 2. The lowest BCUT2D eigenvalue weighted by molar-refractivity contribution is 0.0428. The molecule has 7 heteroatoms. The van der Waals surface area contributed by atoms with Crippen LogP contribution in [-0.2, 0) is 0 Å². The molecule has 152 valence electrons. The molecule has 2 aromatic carbocycles. The van der Waals surface area contributed by atoms with Gasteiger partial charge in [0.25, 0.3) is 0 Å². The molecule has 0 aromatic heterocycles. The molecule has 1 N–H and O–H groups in total. The minimum absolute atomic E-state index is 0.0762. The fraction of sp³-hybridized carbons (Fsp3) is 0.429. The van der Waals surface area contributed by atoms with E-state index in [-0.39, 0.29) is 12.4 Å². The van der Waals surface area contributed by atoms with Crippen molar-refractivity contribution in [1.82, 2.24) is 9.80 Å². The number of aliphatic hydroxyl groups is 1. The molecule has 0 radical (unpaired) electrons. The van der Waals surface area contributed by atoms with Gasteiger partial charge in [0.05, 0.1) is 5.02 Å². The van der Waals surface area contributed by atoms with Crippen molar-refractivity contribution in [3.63, 3.8) is 0 Å². The maximum atomic E-state index is 13.5. The van der Waals surface area contributed by atoms with Gasteiger partial charge < -0.3 is 14.6 Å². The molecule has 0 amide bonds. The Labute approximate surface area is 170 Å². The number of hydrogen-bond donors (Lipinski definition) is 1. The quantitative estimate of drug-likeness (QED) is 0.691. The standard InChI is InChI=1S/C21H26ClFN2O3/c22-18-5-1-3-7-20(18)27-14-13-24-9-11-25(12-10-24)15-17(26)16-28-21-8-4-2-6-19(21)23/h1-8,17,26H,9-16H2. The Bertz CT molecular complexity index is 741. The van der Waals surface area contributed by atoms with E-state index in [0.29, 0.717) is 23.9 Å². The molecule has 0 spiro atoms. The summed E-state index contributed by atoms with van der Waals surface area (Å²) in [6.07, 6.45) is -0.658. The zero-order chi connectivity index (χ0) is 19.8. The minimum Gasteiger partial charge on any atom is -0.491 e. The number of ether oxygens (including phenoxy) is 2. The van der Waals surface area contributed by atoms with E-state index in [2.05, 4.69) is 9.80 Å². The van der Waals surface area contributed by atoms with Gasteiger partial charge in [-0.1, -0.05) is 35.9 Å². The van der Waals surface area contributed by atoms with Crippen LogP contribution in [0.25, 0.3) is 0 Å². The summed E-state index contributed by atoms with van der Waals surface area (Å²) in [5.41, 5.74) is 0. The average Bonchev–Trinajstić information content (AvgIpc) is 2.70. The third kappa shape index (κ3) is 6.34. The Kier molecular flexibility index (Phi) is 7.91. The normalized spacial score (nSPS) is 16.7. The summed E-state index contributed by atoms with van der Waals surface area (Å²) in [6.45, 7) is 5.55. The molecule has 1 atom stereocenters. The molecule has 1 aliphatic rings. The zero-order valence-corrected chi connectivity index (χ0v) is 16.5. The largest absolute Gasteiger partial charge is 0.491 e. The third-order valence-electron chi connectivity index (χ3n) is 4.70. The van der Waals surface area contributed by atoms with Gasteiger partial charge in [0.15, 0.2) is 11.6 Å². The first-order valence-corrected chi connectivity index (χ1v) is 9.87. The molecule has 1 fully saturated rings. The summed E-state index contributed by atoms with van der Waals surface area (Å²) in [6, 6.07) is 13.7. The second kappa shape index (κ2) is 10.6. The summed E-state index contributed by atoms with van der Waals surface area (Å²) in [7, 11) is 0. The lowest BCUT2D eigenvalue weighted by atomic mass is 10.2. The topological polar surface area (TPSA) is 45.2 Å². The van der Waals surface area contributed by atoms with Crippen molar-refractivity contribution in [3.8, 4) is 11.5 Å². The van der Waals surface area contributed by atoms with Gasteiger partial charge in [0, 0.05) is 39.3 Å². The first-order chi connectivity index (χ1) is 13.6. The average molecular weight is 409 g/mol. The van der Waals surface area contributed by atoms with E-state index in [1.165, 1.54) is 6.07 Å². The van der Waals surface area contributed by atoms with Crippen LogP contribution in [0.3, 0.4) is 0 Å². The lowest BCUT2D eigenvalue weighted by Gasteiger charge is -2.35. The van der Waals surface area contributed by atoms with Crippen LogP contribution in [0.5, 0.6) is 11.5 Å². The number of piperazine rings is 1. The van der Waals surface area contributed by atoms with Crippen LogP contribution in [0.15, 0.2) is 48.5 Å². The minimum atomic E-state index is -0.658. The first-order valence-electron chi connectivity index (χ1n) is 9.49. The van der Waals surface area contributed by atoms with Gasteiger partial charge >= 0.3 is 0 Å². The van der Waals surface area contributed by atoms with Crippen LogP contribution >= 0.6 is 11.6 Å². The highest BCUT2D eigenvalue weighted by Gasteiger charge is 2.19. The zero-order valence-electron chi connectivity index (χ0n) is 15.8. The molecule has 1 saturated heterocycles. The van der Waals surface area contributed by atoms with E-state index in [1.54, 1.807) is 18.2 Å². The highest BCUT2D eigenvalue weighted by atomic mass is 35.5. The van der Waals surface area contributed by atoms with E-state index >= 15 is 0 Å². The van der Waals surface area contributed by atoms with Gasteiger partial charge in [0.1, 0.15) is 25.1 Å². The summed E-state index contributed by atoms with van der Waals surface area (Å²) in [4.78, 5) is 4.52. The maximum Gasteiger partial charge on any atom is 0.165 e. The van der Waals surface area contributed by atoms with Crippen molar-refractivity contribution in [3.05, 3.63) is 59.4 Å². The molecular weight excluding hydrogens is 383 g/mol. The number of aliphatic hydroxyl groups excluding tert-OH is 1. The molecule has 0 bridgehead atoms. The molecule has 1 unspecified atom stereocenters. The van der Waals surface area contributed by atoms with E-state index in [1.807, 2.05) is 24.3 Å². The van der Waals surface area contributed by atoms with E-state index in [4.69, 9.17) is 21.1 Å². The molecule has 2 aromatic rings. The summed E-state index contributed by atoms with van der Waals surface area (Å²) < 4.78 is 24.7. The first kappa shape index (κ1) is 20.9. The number of hydrogen-bond acceptors (Lipinski definition) is 5. The SMILES string of the molecule is OC(COc1ccccc1F)CN1CCN(CCOc2ccccc2Cl)CC1. The Balaban J connectivity index is 1.31. The number of rotatable bonds is 9. The summed E-state index contributed by atoms with van der Waals surface area (Å²) in [5.74, 6) is 0.466. The third-order valence-corrected chi connectivity index (χ3v) is 5.02.